The molecule has 1 saturated heterocycles. The van der Waals surface area contributed by atoms with E-state index in [2.05, 4.69) is 10.2 Å². The van der Waals surface area contributed by atoms with Crippen LogP contribution in [0.1, 0.15) is 19.8 Å². The van der Waals surface area contributed by atoms with Gasteiger partial charge >= 0.3 is 0 Å². The SMILES string of the molecule is CC(N)C1CCN(CC(=O)Nc2cc(Cl)ccc2Cl)CC1.Cl. The van der Waals surface area contributed by atoms with Gasteiger partial charge in [0.25, 0.3) is 0 Å². The predicted molar refractivity (Wildman–Crippen MR) is 95.2 cm³/mol. The summed E-state index contributed by atoms with van der Waals surface area (Å²) in [6.07, 6.45) is 2.09. The van der Waals surface area contributed by atoms with Gasteiger partial charge in [-0.3, -0.25) is 9.69 Å². The summed E-state index contributed by atoms with van der Waals surface area (Å²) in [6, 6.07) is 5.25. The molecule has 1 fully saturated rings. The summed E-state index contributed by atoms with van der Waals surface area (Å²) in [4.78, 5) is 14.2. The van der Waals surface area contributed by atoms with Crippen molar-refractivity contribution in [3.05, 3.63) is 28.2 Å². The summed E-state index contributed by atoms with van der Waals surface area (Å²) >= 11 is 11.9. The number of rotatable bonds is 4. The zero-order valence-electron chi connectivity index (χ0n) is 12.5. The maximum atomic E-state index is 12.1. The van der Waals surface area contributed by atoms with Crippen LogP contribution in [0.25, 0.3) is 0 Å². The fraction of sp³-hybridized carbons (Fsp3) is 0.533. The molecule has 0 spiro atoms. The molecule has 2 rings (SSSR count). The molecule has 1 atom stereocenters. The van der Waals surface area contributed by atoms with Crippen molar-refractivity contribution in [2.45, 2.75) is 25.8 Å². The third kappa shape index (κ3) is 5.60. The third-order valence-corrected chi connectivity index (χ3v) is 4.51. The number of nitrogens with one attached hydrogen (secondary N) is 1. The van der Waals surface area contributed by atoms with Crippen LogP contribution in [0, 0.1) is 5.92 Å². The smallest absolute Gasteiger partial charge is 0.238 e. The average molecular weight is 367 g/mol. The lowest BCUT2D eigenvalue weighted by atomic mass is 9.91. The first-order valence-electron chi connectivity index (χ1n) is 7.18. The van der Waals surface area contributed by atoms with E-state index >= 15 is 0 Å². The van der Waals surface area contributed by atoms with Gasteiger partial charge in [-0.25, -0.2) is 0 Å². The number of nitrogens with two attached hydrogens (primary N) is 1. The standard InChI is InChI=1S/C15H21Cl2N3O.ClH/c1-10(18)11-4-6-20(7-5-11)9-15(21)19-14-8-12(16)2-3-13(14)17;/h2-3,8,10-11H,4-7,9,18H2,1H3,(H,19,21);1H. The van der Waals surface area contributed by atoms with E-state index in [1.165, 1.54) is 0 Å². The highest BCUT2D eigenvalue weighted by atomic mass is 35.5. The number of amides is 1. The Morgan fingerprint density at radius 2 is 2.05 bits per heavy atom. The Morgan fingerprint density at radius 3 is 2.64 bits per heavy atom. The number of likely N-dealkylation sites (tertiary alicyclic amines) is 1. The molecule has 22 heavy (non-hydrogen) atoms. The maximum Gasteiger partial charge on any atom is 0.238 e. The number of hydrogen-bond acceptors (Lipinski definition) is 3. The fourth-order valence-electron chi connectivity index (χ4n) is 2.62. The predicted octanol–water partition coefficient (Wildman–Crippen LogP) is 3.41. The lowest BCUT2D eigenvalue weighted by molar-refractivity contribution is -0.117. The molecular weight excluding hydrogens is 345 g/mol. The quantitative estimate of drug-likeness (QED) is 0.858. The summed E-state index contributed by atoms with van der Waals surface area (Å²) in [5, 5.41) is 3.85. The molecule has 0 radical (unpaired) electrons. The van der Waals surface area contributed by atoms with Gasteiger partial charge in [0.15, 0.2) is 0 Å². The van der Waals surface area contributed by atoms with Gasteiger partial charge in [0.2, 0.25) is 5.91 Å². The highest BCUT2D eigenvalue weighted by Crippen LogP contribution is 2.25. The second kappa shape index (κ2) is 8.94. The number of halogens is 3. The lowest BCUT2D eigenvalue weighted by Gasteiger charge is -2.33. The second-order valence-corrected chi connectivity index (χ2v) is 6.49. The van der Waals surface area contributed by atoms with E-state index in [0.29, 0.717) is 28.2 Å². The van der Waals surface area contributed by atoms with Gasteiger partial charge in [0.05, 0.1) is 17.3 Å². The van der Waals surface area contributed by atoms with Gasteiger partial charge in [-0.2, -0.15) is 0 Å². The minimum absolute atomic E-state index is 0. The largest absolute Gasteiger partial charge is 0.328 e. The fourth-order valence-corrected chi connectivity index (χ4v) is 2.96. The molecule has 0 saturated carbocycles. The van der Waals surface area contributed by atoms with Crippen molar-refractivity contribution < 1.29 is 4.79 Å². The first kappa shape index (κ1) is 19.5. The molecule has 1 aliphatic heterocycles. The van der Waals surface area contributed by atoms with Crippen LogP contribution in [0.5, 0.6) is 0 Å². The molecule has 3 N–H and O–H groups in total. The van der Waals surface area contributed by atoms with Crippen LogP contribution in [0.2, 0.25) is 10.0 Å². The number of carbonyl (C=O) groups excluding carboxylic acids is 1. The first-order valence-corrected chi connectivity index (χ1v) is 7.94. The van der Waals surface area contributed by atoms with Crippen molar-refractivity contribution in [1.82, 2.24) is 4.90 Å². The van der Waals surface area contributed by atoms with Gasteiger partial charge in [-0.15, -0.1) is 12.4 Å². The van der Waals surface area contributed by atoms with E-state index in [4.69, 9.17) is 28.9 Å². The maximum absolute atomic E-state index is 12.1. The van der Waals surface area contributed by atoms with Crippen LogP contribution in [0.3, 0.4) is 0 Å². The van der Waals surface area contributed by atoms with Gasteiger partial charge in [-0.1, -0.05) is 23.2 Å². The van der Waals surface area contributed by atoms with Crippen molar-refractivity contribution in [1.29, 1.82) is 0 Å². The van der Waals surface area contributed by atoms with E-state index in [-0.39, 0.29) is 24.4 Å². The average Bonchev–Trinajstić information content (AvgIpc) is 2.43. The zero-order chi connectivity index (χ0) is 15.4. The molecule has 124 valence electrons. The minimum atomic E-state index is -0.0709. The summed E-state index contributed by atoms with van der Waals surface area (Å²) in [5.74, 6) is 0.491. The van der Waals surface area contributed by atoms with Gasteiger partial charge in [-0.05, 0) is 57.0 Å². The van der Waals surface area contributed by atoms with Crippen molar-refractivity contribution >= 4 is 47.2 Å². The van der Waals surface area contributed by atoms with Crippen LogP contribution in [-0.4, -0.2) is 36.5 Å². The van der Waals surface area contributed by atoms with E-state index in [9.17, 15) is 4.79 Å². The zero-order valence-corrected chi connectivity index (χ0v) is 14.8. The lowest BCUT2D eigenvalue weighted by Crippen LogP contribution is -2.42. The summed E-state index contributed by atoms with van der Waals surface area (Å²) in [5.41, 5.74) is 6.48. The molecule has 1 aliphatic rings. The topological polar surface area (TPSA) is 58.4 Å². The highest BCUT2D eigenvalue weighted by Gasteiger charge is 2.23. The Morgan fingerprint density at radius 1 is 1.41 bits per heavy atom. The monoisotopic (exact) mass is 365 g/mol. The Kier molecular flexibility index (Phi) is 7.94. The highest BCUT2D eigenvalue weighted by molar-refractivity contribution is 6.35. The molecule has 1 unspecified atom stereocenters. The molecule has 0 bridgehead atoms. The Hall–Kier alpha value is -0.520. The van der Waals surface area contributed by atoms with E-state index in [1.54, 1.807) is 18.2 Å². The normalized spacial score (nSPS) is 17.6. The number of piperidine rings is 1. The molecule has 1 heterocycles. The number of carbonyl (C=O) groups is 1. The molecule has 7 heteroatoms. The van der Waals surface area contributed by atoms with Crippen LogP contribution in [0.4, 0.5) is 5.69 Å². The number of hydrogen-bond donors (Lipinski definition) is 2. The molecule has 1 amide bonds. The molecule has 1 aromatic rings. The molecule has 0 aliphatic carbocycles. The van der Waals surface area contributed by atoms with Crippen molar-refractivity contribution in [2.24, 2.45) is 11.7 Å². The van der Waals surface area contributed by atoms with Crippen LogP contribution >= 0.6 is 35.6 Å². The molecule has 0 aromatic heterocycles. The van der Waals surface area contributed by atoms with Crippen LogP contribution in [0.15, 0.2) is 18.2 Å². The third-order valence-electron chi connectivity index (χ3n) is 3.95. The Bertz CT molecular complexity index is 503. The van der Waals surface area contributed by atoms with Gasteiger partial charge in [0.1, 0.15) is 0 Å². The number of nitrogens with zero attached hydrogens (tertiary/aromatic N) is 1. The summed E-state index contributed by atoms with van der Waals surface area (Å²) < 4.78 is 0. The summed E-state index contributed by atoms with van der Waals surface area (Å²) in [6.45, 7) is 4.23. The summed E-state index contributed by atoms with van der Waals surface area (Å²) in [7, 11) is 0. The Labute approximate surface area is 147 Å². The first-order chi connectivity index (χ1) is 9.95. The van der Waals surface area contributed by atoms with Crippen LogP contribution in [-0.2, 0) is 4.79 Å². The Balaban J connectivity index is 0.00000242. The van der Waals surface area contributed by atoms with Gasteiger partial charge < -0.3 is 11.1 Å². The van der Waals surface area contributed by atoms with E-state index in [1.807, 2.05) is 6.92 Å². The minimum Gasteiger partial charge on any atom is -0.328 e. The van der Waals surface area contributed by atoms with E-state index in [0.717, 1.165) is 25.9 Å². The second-order valence-electron chi connectivity index (χ2n) is 5.65. The molecular formula is C15H22Cl3N3O. The van der Waals surface area contributed by atoms with Crippen molar-refractivity contribution in [3.63, 3.8) is 0 Å². The van der Waals surface area contributed by atoms with Gasteiger partial charge in [0, 0.05) is 11.1 Å². The van der Waals surface area contributed by atoms with Crippen LogP contribution < -0.4 is 11.1 Å². The molecule has 1 aromatic carbocycles. The number of benzene rings is 1. The van der Waals surface area contributed by atoms with Crippen molar-refractivity contribution in [3.8, 4) is 0 Å². The number of anilines is 1. The van der Waals surface area contributed by atoms with Crippen molar-refractivity contribution in [2.75, 3.05) is 25.0 Å². The van der Waals surface area contributed by atoms with E-state index < -0.39 is 0 Å². The molecule has 4 nitrogen and oxygen atoms in total.